The van der Waals surface area contributed by atoms with E-state index in [-0.39, 0.29) is 0 Å². The second-order valence-corrected chi connectivity index (χ2v) is 7.59. The lowest BCUT2D eigenvalue weighted by Crippen LogP contribution is -2.13. The van der Waals surface area contributed by atoms with Crippen LogP contribution in [0.1, 0.15) is 69.8 Å². The summed E-state index contributed by atoms with van der Waals surface area (Å²) in [7, 11) is 0. The average Bonchev–Trinajstić information content (AvgIpc) is 2.67. The van der Waals surface area contributed by atoms with E-state index in [1.165, 1.54) is 56.9 Å². The fourth-order valence-electron chi connectivity index (χ4n) is 4.14. The van der Waals surface area contributed by atoms with Crippen LogP contribution in [-0.2, 0) is 0 Å². The molecular weight excluding hydrogens is 333 g/mol. The van der Waals surface area contributed by atoms with Gasteiger partial charge in [-0.15, -0.1) is 0 Å². The molecule has 26 heavy (non-hydrogen) atoms. The third-order valence-corrected chi connectivity index (χ3v) is 5.76. The van der Waals surface area contributed by atoms with E-state index in [0.717, 1.165) is 18.1 Å². The van der Waals surface area contributed by atoms with Gasteiger partial charge in [0.1, 0.15) is 0 Å². The van der Waals surface area contributed by atoms with Crippen molar-refractivity contribution in [1.29, 1.82) is 0 Å². The SMILES string of the molecule is CCCCC[C@H]1CC[C@H](c2ccc(-c3cc(F)c(F)c(F)c3)cc2)CC1. The second kappa shape index (κ2) is 8.75. The minimum Gasteiger partial charge on any atom is -0.204 e. The highest BCUT2D eigenvalue weighted by atomic mass is 19.2. The molecule has 140 valence electrons. The summed E-state index contributed by atoms with van der Waals surface area (Å²) < 4.78 is 40.0. The van der Waals surface area contributed by atoms with Crippen LogP contribution >= 0.6 is 0 Å². The maximum atomic E-state index is 13.4. The molecule has 0 radical (unpaired) electrons. The zero-order chi connectivity index (χ0) is 18.5. The molecule has 0 aliphatic heterocycles. The summed E-state index contributed by atoms with van der Waals surface area (Å²) in [4.78, 5) is 0. The van der Waals surface area contributed by atoms with Crippen molar-refractivity contribution in [2.75, 3.05) is 0 Å². The fourth-order valence-corrected chi connectivity index (χ4v) is 4.14. The predicted octanol–water partition coefficient (Wildman–Crippen LogP) is 7.63. The Morgan fingerprint density at radius 3 is 2.00 bits per heavy atom. The first-order valence-corrected chi connectivity index (χ1v) is 9.83. The highest BCUT2D eigenvalue weighted by Crippen LogP contribution is 2.38. The minimum absolute atomic E-state index is 0.368. The van der Waals surface area contributed by atoms with Crippen LogP contribution in [0.2, 0.25) is 0 Å². The Labute approximate surface area is 154 Å². The number of hydrogen-bond acceptors (Lipinski definition) is 0. The molecule has 1 aliphatic carbocycles. The Balaban J connectivity index is 1.62. The van der Waals surface area contributed by atoms with Gasteiger partial charge in [-0.25, -0.2) is 13.2 Å². The molecule has 2 aromatic rings. The molecule has 0 unspecified atom stereocenters. The number of hydrogen-bond donors (Lipinski definition) is 0. The number of halogens is 3. The zero-order valence-corrected chi connectivity index (χ0v) is 15.4. The van der Waals surface area contributed by atoms with Crippen molar-refractivity contribution in [2.24, 2.45) is 5.92 Å². The standard InChI is InChI=1S/C23H27F3/c1-2-3-4-5-16-6-8-17(9-7-16)18-10-12-19(13-11-18)20-14-21(24)23(26)22(25)15-20/h10-17H,2-9H2,1H3/t16-,17-. The molecule has 1 aliphatic rings. The molecule has 0 heterocycles. The Kier molecular flexibility index (Phi) is 6.39. The summed E-state index contributed by atoms with van der Waals surface area (Å²) in [5.41, 5.74) is 2.37. The van der Waals surface area contributed by atoms with Gasteiger partial charge in [0.25, 0.3) is 0 Å². The van der Waals surface area contributed by atoms with E-state index in [2.05, 4.69) is 19.1 Å². The van der Waals surface area contributed by atoms with E-state index >= 15 is 0 Å². The summed E-state index contributed by atoms with van der Waals surface area (Å²) in [6, 6.07) is 9.97. The third kappa shape index (κ3) is 4.49. The van der Waals surface area contributed by atoms with Crippen LogP contribution < -0.4 is 0 Å². The zero-order valence-electron chi connectivity index (χ0n) is 15.4. The van der Waals surface area contributed by atoms with Crippen molar-refractivity contribution < 1.29 is 13.2 Å². The molecule has 1 saturated carbocycles. The molecular formula is C23H27F3. The topological polar surface area (TPSA) is 0 Å². The van der Waals surface area contributed by atoms with E-state index in [0.29, 0.717) is 17.0 Å². The van der Waals surface area contributed by atoms with Crippen LogP contribution in [0.5, 0.6) is 0 Å². The normalized spacial score (nSPS) is 20.3. The summed E-state index contributed by atoms with van der Waals surface area (Å²) >= 11 is 0. The van der Waals surface area contributed by atoms with Gasteiger partial charge in [0, 0.05) is 0 Å². The number of benzene rings is 2. The van der Waals surface area contributed by atoms with Gasteiger partial charge in [-0.1, -0.05) is 56.9 Å². The molecule has 0 amide bonds. The Morgan fingerprint density at radius 2 is 1.42 bits per heavy atom. The van der Waals surface area contributed by atoms with Crippen LogP contribution in [0, 0.1) is 23.4 Å². The monoisotopic (exact) mass is 360 g/mol. The molecule has 1 fully saturated rings. The predicted molar refractivity (Wildman–Crippen MR) is 101 cm³/mol. The van der Waals surface area contributed by atoms with E-state index in [9.17, 15) is 13.2 Å². The van der Waals surface area contributed by atoms with Gasteiger partial charge in [-0.2, -0.15) is 0 Å². The molecule has 0 nitrogen and oxygen atoms in total. The largest absolute Gasteiger partial charge is 0.204 e. The van der Waals surface area contributed by atoms with Gasteiger partial charge in [-0.3, -0.25) is 0 Å². The molecule has 0 atom stereocenters. The first-order valence-electron chi connectivity index (χ1n) is 9.83. The first-order chi connectivity index (χ1) is 12.6. The molecule has 0 aromatic heterocycles. The van der Waals surface area contributed by atoms with Gasteiger partial charge in [0.15, 0.2) is 17.5 Å². The number of unbranched alkanes of at least 4 members (excludes halogenated alkanes) is 2. The summed E-state index contributed by atoms with van der Waals surface area (Å²) in [5, 5.41) is 0. The van der Waals surface area contributed by atoms with Gasteiger partial charge < -0.3 is 0 Å². The molecule has 0 saturated heterocycles. The van der Waals surface area contributed by atoms with Crippen molar-refractivity contribution in [3.8, 4) is 11.1 Å². The van der Waals surface area contributed by atoms with Crippen LogP contribution in [0.15, 0.2) is 36.4 Å². The summed E-state index contributed by atoms with van der Waals surface area (Å²) in [6.45, 7) is 2.25. The van der Waals surface area contributed by atoms with Crippen molar-refractivity contribution in [1.82, 2.24) is 0 Å². The third-order valence-electron chi connectivity index (χ3n) is 5.76. The molecule has 0 N–H and O–H groups in total. The van der Waals surface area contributed by atoms with E-state index in [1.807, 2.05) is 12.1 Å². The Hall–Kier alpha value is -1.77. The van der Waals surface area contributed by atoms with Crippen LogP contribution in [0.4, 0.5) is 13.2 Å². The second-order valence-electron chi connectivity index (χ2n) is 7.59. The maximum Gasteiger partial charge on any atom is 0.194 e. The number of rotatable bonds is 6. The van der Waals surface area contributed by atoms with Crippen molar-refractivity contribution >= 4 is 0 Å². The molecule has 3 rings (SSSR count). The van der Waals surface area contributed by atoms with Gasteiger partial charge >= 0.3 is 0 Å². The van der Waals surface area contributed by atoms with Gasteiger partial charge in [-0.05, 0) is 66.3 Å². The van der Waals surface area contributed by atoms with Crippen molar-refractivity contribution in [2.45, 2.75) is 64.2 Å². The highest BCUT2D eigenvalue weighted by Gasteiger charge is 2.22. The fraction of sp³-hybridized carbons (Fsp3) is 0.478. The lowest BCUT2D eigenvalue weighted by molar-refractivity contribution is 0.303. The van der Waals surface area contributed by atoms with Crippen LogP contribution in [0.3, 0.4) is 0 Å². The quantitative estimate of drug-likeness (QED) is 0.367. The lowest BCUT2D eigenvalue weighted by Gasteiger charge is -2.29. The van der Waals surface area contributed by atoms with Gasteiger partial charge in [0.2, 0.25) is 0 Å². The molecule has 0 spiro atoms. The summed E-state index contributed by atoms with van der Waals surface area (Å²) in [6.07, 6.45) is 10.4. The molecule has 0 bridgehead atoms. The molecule has 2 aromatic carbocycles. The van der Waals surface area contributed by atoms with Crippen LogP contribution in [-0.4, -0.2) is 0 Å². The summed E-state index contributed by atoms with van der Waals surface area (Å²) in [5.74, 6) is -2.26. The first kappa shape index (κ1) is 19.0. The highest BCUT2D eigenvalue weighted by molar-refractivity contribution is 5.64. The Morgan fingerprint density at radius 1 is 0.808 bits per heavy atom. The Bertz CT molecular complexity index is 690. The van der Waals surface area contributed by atoms with Crippen molar-refractivity contribution in [3.63, 3.8) is 0 Å². The van der Waals surface area contributed by atoms with Crippen molar-refractivity contribution in [3.05, 3.63) is 59.4 Å². The smallest absolute Gasteiger partial charge is 0.194 e. The maximum absolute atomic E-state index is 13.4. The minimum atomic E-state index is -1.42. The van der Waals surface area contributed by atoms with Gasteiger partial charge in [0.05, 0.1) is 0 Å². The molecule has 3 heteroatoms. The van der Waals surface area contributed by atoms with E-state index < -0.39 is 17.5 Å². The van der Waals surface area contributed by atoms with E-state index in [1.54, 1.807) is 0 Å². The van der Waals surface area contributed by atoms with E-state index in [4.69, 9.17) is 0 Å². The lowest BCUT2D eigenvalue weighted by atomic mass is 9.77. The average molecular weight is 360 g/mol. The van der Waals surface area contributed by atoms with Crippen LogP contribution in [0.25, 0.3) is 11.1 Å².